The summed E-state index contributed by atoms with van der Waals surface area (Å²) in [6.07, 6.45) is -0.799. The van der Waals surface area contributed by atoms with E-state index < -0.39 is 17.7 Å². The fourth-order valence-electron chi connectivity index (χ4n) is 2.63. The molecule has 3 rings (SSSR count). The average molecular weight is 368 g/mol. The SMILES string of the molecule is COc1ccc(OC(C)C(=O)OCc2cc(=O)oc3cc(C)ccc23)cc1. The van der Waals surface area contributed by atoms with Gasteiger partial charge in [-0.15, -0.1) is 0 Å². The van der Waals surface area contributed by atoms with Gasteiger partial charge < -0.3 is 18.6 Å². The lowest BCUT2D eigenvalue weighted by Crippen LogP contribution is -2.26. The molecule has 1 unspecified atom stereocenters. The molecule has 0 aliphatic heterocycles. The summed E-state index contributed by atoms with van der Waals surface area (Å²) in [6, 6.07) is 13.8. The average Bonchev–Trinajstić information content (AvgIpc) is 2.65. The zero-order chi connectivity index (χ0) is 19.4. The molecule has 6 nitrogen and oxygen atoms in total. The van der Waals surface area contributed by atoms with E-state index in [1.807, 2.05) is 19.1 Å². The Hall–Kier alpha value is -3.28. The maximum Gasteiger partial charge on any atom is 0.347 e. The van der Waals surface area contributed by atoms with Crippen LogP contribution in [0.1, 0.15) is 18.1 Å². The molecule has 1 heterocycles. The van der Waals surface area contributed by atoms with Crippen molar-refractivity contribution >= 4 is 16.9 Å². The summed E-state index contributed by atoms with van der Waals surface area (Å²) in [5.41, 5.74) is 1.55. The van der Waals surface area contributed by atoms with Crippen molar-refractivity contribution in [3.05, 3.63) is 70.1 Å². The molecule has 2 aromatic carbocycles. The molecule has 0 amide bonds. The second-order valence-electron chi connectivity index (χ2n) is 6.13. The van der Waals surface area contributed by atoms with Gasteiger partial charge in [-0.1, -0.05) is 12.1 Å². The molecule has 0 aliphatic carbocycles. The Morgan fingerprint density at radius 1 is 1.07 bits per heavy atom. The van der Waals surface area contributed by atoms with Crippen LogP contribution in [-0.2, 0) is 16.1 Å². The molecule has 0 fully saturated rings. The van der Waals surface area contributed by atoms with Gasteiger partial charge in [-0.05, 0) is 49.7 Å². The van der Waals surface area contributed by atoms with Gasteiger partial charge in [0.2, 0.25) is 0 Å². The van der Waals surface area contributed by atoms with Crippen LogP contribution in [0.25, 0.3) is 11.0 Å². The molecule has 3 aromatic rings. The first-order valence-electron chi connectivity index (χ1n) is 8.47. The van der Waals surface area contributed by atoms with E-state index in [0.717, 1.165) is 10.9 Å². The minimum atomic E-state index is -0.799. The van der Waals surface area contributed by atoms with Crippen LogP contribution in [0.2, 0.25) is 0 Å². The Kier molecular flexibility index (Phi) is 5.45. The molecular formula is C21H20O6. The first-order chi connectivity index (χ1) is 13.0. The van der Waals surface area contributed by atoms with E-state index in [0.29, 0.717) is 22.6 Å². The van der Waals surface area contributed by atoms with Gasteiger partial charge in [0, 0.05) is 17.0 Å². The highest BCUT2D eigenvalue weighted by Crippen LogP contribution is 2.21. The third-order valence-electron chi connectivity index (χ3n) is 4.06. The fraction of sp³-hybridized carbons (Fsp3) is 0.238. The summed E-state index contributed by atoms with van der Waals surface area (Å²) in [6.45, 7) is 3.47. The smallest absolute Gasteiger partial charge is 0.347 e. The number of esters is 1. The summed E-state index contributed by atoms with van der Waals surface area (Å²) < 4.78 is 21.2. The Morgan fingerprint density at radius 2 is 1.78 bits per heavy atom. The fourth-order valence-corrected chi connectivity index (χ4v) is 2.63. The van der Waals surface area contributed by atoms with Gasteiger partial charge in [-0.2, -0.15) is 0 Å². The third-order valence-corrected chi connectivity index (χ3v) is 4.06. The molecule has 0 N–H and O–H groups in total. The van der Waals surface area contributed by atoms with Crippen LogP contribution in [0.15, 0.2) is 57.7 Å². The lowest BCUT2D eigenvalue weighted by Gasteiger charge is -2.14. The maximum atomic E-state index is 12.2. The zero-order valence-corrected chi connectivity index (χ0v) is 15.4. The van der Waals surface area contributed by atoms with Crippen molar-refractivity contribution in [2.24, 2.45) is 0 Å². The number of fused-ring (bicyclic) bond motifs is 1. The van der Waals surface area contributed by atoms with Crippen LogP contribution in [-0.4, -0.2) is 19.2 Å². The highest BCUT2D eigenvalue weighted by Gasteiger charge is 2.17. The van der Waals surface area contributed by atoms with Gasteiger partial charge in [0.1, 0.15) is 23.7 Å². The molecule has 0 aliphatic rings. The summed E-state index contributed by atoms with van der Waals surface area (Å²) in [4.78, 5) is 24.0. The first kappa shape index (κ1) is 18.5. The van der Waals surface area contributed by atoms with Crippen molar-refractivity contribution in [1.29, 1.82) is 0 Å². The van der Waals surface area contributed by atoms with Gasteiger partial charge >= 0.3 is 11.6 Å². The molecule has 0 radical (unpaired) electrons. The van der Waals surface area contributed by atoms with E-state index >= 15 is 0 Å². The molecule has 1 atom stereocenters. The Labute approximate surface area is 156 Å². The molecule has 1 aromatic heterocycles. The summed E-state index contributed by atoms with van der Waals surface area (Å²) >= 11 is 0. The zero-order valence-electron chi connectivity index (χ0n) is 15.4. The van der Waals surface area contributed by atoms with Crippen LogP contribution in [0, 0.1) is 6.92 Å². The molecule has 27 heavy (non-hydrogen) atoms. The second kappa shape index (κ2) is 7.95. The van der Waals surface area contributed by atoms with Crippen molar-refractivity contribution in [3.63, 3.8) is 0 Å². The van der Waals surface area contributed by atoms with Crippen LogP contribution in [0.3, 0.4) is 0 Å². The van der Waals surface area contributed by atoms with Gasteiger partial charge in [0.25, 0.3) is 0 Å². The molecule has 140 valence electrons. The highest BCUT2D eigenvalue weighted by molar-refractivity contribution is 5.81. The largest absolute Gasteiger partial charge is 0.497 e. The quantitative estimate of drug-likeness (QED) is 0.489. The number of hydrogen-bond acceptors (Lipinski definition) is 6. The van der Waals surface area contributed by atoms with E-state index in [1.165, 1.54) is 6.07 Å². The predicted molar refractivity (Wildman–Crippen MR) is 100 cm³/mol. The topological polar surface area (TPSA) is 75.0 Å². The minimum Gasteiger partial charge on any atom is -0.497 e. The summed E-state index contributed by atoms with van der Waals surface area (Å²) in [5, 5.41) is 0.733. The van der Waals surface area contributed by atoms with Crippen LogP contribution < -0.4 is 15.1 Å². The van der Waals surface area contributed by atoms with Crippen molar-refractivity contribution in [3.8, 4) is 11.5 Å². The molecule has 0 spiro atoms. The highest BCUT2D eigenvalue weighted by atomic mass is 16.6. The van der Waals surface area contributed by atoms with Crippen molar-refractivity contribution in [1.82, 2.24) is 0 Å². The van der Waals surface area contributed by atoms with Crippen LogP contribution in [0.5, 0.6) is 11.5 Å². The monoisotopic (exact) mass is 368 g/mol. The Balaban J connectivity index is 1.67. The Bertz CT molecular complexity index is 1000. The second-order valence-corrected chi connectivity index (χ2v) is 6.13. The van der Waals surface area contributed by atoms with E-state index in [-0.39, 0.29) is 6.61 Å². The van der Waals surface area contributed by atoms with E-state index in [9.17, 15) is 9.59 Å². The van der Waals surface area contributed by atoms with Crippen molar-refractivity contribution in [2.75, 3.05) is 7.11 Å². The number of carbonyl (C=O) groups is 1. The molecule has 0 bridgehead atoms. The molecular weight excluding hydrogens is 348 g/mol. The van der Waals surface area contributed by atoms with Gasteiger partial charge in [0.15, 0.2) is 6.10 Å². The first-order valence-corrected chi connectivity index (χ1v) is 8.47. The number of ether oxygens (including phenoxy) is 3. The summed E-state index contributed by atoms with van der Waals surface area (Å²) in [5.74, 6) is 0.698. The van der Waals surface area contributed by atoms with Crippen LogP contribution in [0.4, 0.5) is 0 Å². The number of carbonyl (C=O) groups excluding carboxylic acids is 1. The lowest BCUT2D eigenvalue weighted by atomic mass is 10.1. The normalized spacial score (nSPS) is 11.8. The lowest BCUT2D eigenvalue weighted by molar-refractivity contribution is -0.152. The maximum absolute atomic E-state index is 12.2. The van der Waals surface area contributed by atoms with Gasteiger partial charge in [-0.25, -0.2) is 9.59 Å². The van der Waals surface area contributed by atoms with Crippen molar-refractivity contribution in [2.45, 2.75) is 26.6 Å². The Morgan fingerprint density at radius 3 is 2.48 bits per heavy atom. The number of aryl methyl sites for hydroxylation is 1. The summed E-state index contributed by atoms with van der Waals surface area (Å²) in [7, 11) is 1.57. The number of hydrogen-bond donors (Lipinski definition) is 0. The van der Waals surface area contributed by atoms with E-state index in [4.69, 9.17) is 18.6 Å². The number of benzene rings is 2. The van der Waals surface area contributed by atoms with Gasteiger partial charge in [-0.3, -0.25) is 0 Å². The van der Waals surface area contributed by atoms with E-state index in [1.54, 1.807) is 44.4 Å². The standard InChI is InChI=1S/C21H20O6/c1-13-4-9-18-15(11-20(22)27-19(18)10-13)12-25-21(23)14(2)26-17-7-5-16(24-3)6-8-17/h4-11,14H,12H2,1-3H3. The predicted octanol–water partition coefficient (Wildman–Crippen LogP) is 3.62. The van der Waals surface area contributed by atoms with Crippen molar-refractivity contribution < 1.29 is 23.4 Å². The molecule has 0 saturated carbocycles. The third kappa shape index (κ3) is 4.47. The van der Waals surface area contributed by atoms with Gasteiger partial charge in [0.05, 0.1) is 7.11 Å². The minimum absolute atomic E-state index is 0.0414. The number of rotatable bonds is 6. The van der Waals surface area contributed by atoms with Crippen LogP contribution >= 0.6 is 0 Å². The van der Waals surface area contributed by atoms with E-state index in [2.05, 4.69) is 0 Å². The number of methoxy groups -OCH3 is 1. The molecule has 6 heteroatoms. The molecule has 0 saturated heterocycles.